The Hall–Kier alpha value is -1.67. The normalized spacial score (nSPS) is 10.2. The van der Waals surface area contributed by atoms with Crippen molar-refractivity contribution in [1.82, 2.24) is 15.2 Å². The first-order valence-corrected chi connectivity index (χ1v) is 6.19. The van der Waals surface area contributed by atoms with E-state index in [2.05, 4.69) is 19.9 Å². The SMILES string of the molecule is COC(=O)c1ccc(N)c(Sc2nncs2)n1. The molecule has 0 radical (unpaired) electrons. The van der Waals surface area contributed by atoms with E-state index in [-0.39, 0.29) is 5.69 Å². The van der Waals surface area contributed by atoms with Crippen LogP contribution in [0, 0.1) is 0 Å². The Labute approximate surface area is 105 Å². The third-order valence-corrected chi connectivity index (χ3v) is 3.61. The fraction of sp³-hybridized carbons (Fsp3) is 0.111. The Kier molecular flexibility index (Phi) is 3.55. The van der Waals surface area contributed by atoms with Crippen LogP contribution in [0.15, 0.2) is 27.0 Å². The number of carbonyl (C=O) groups is 1. The summed E-state index contributed by atoms with van der Waals surface area (Å²) >= 11 is 2.64. The molecule has 0 aromatic carbocycles. The molecule has 0 fully saturated rings. The summed E-state index contributed by atoms with van der Waals surface area (Å²) in [5, 5.41) is 8.09. The lowest BCUT2D eigenvalue weighted by Crippen LogP contribution is -2.05. The standard InChI is InChI=1S/C9H8N4O2S2/c1-15-8(14)6-3-2-5(10)7(12-6)17-9-13-11-4-16-9/h2-4H,10H2,1H3. The molecule has 0 amide bonds. The highest BCUT2D eigenvalue weighted by atomic mass is 32.2. The zero-order chi connectivity index (χ0) is 12.3. The molecule has 0 spiro atoms. The highest BCUT2D eigenvalue weighted by molar-refractivity contribution is 8.01. The highest BCUT2D eigenvalue weighted by Crippen LogP contribution is 2.31. The first-order chi connectivity index (χ1) is 8.20. The molecule has 0 aliphatic heterocycles. The maximum absolute atomic E-state index is 11.3. The lowest BCUT2D eigenvalue weighted by molar-refractivity contribution is 0.0593. The summed E-state index contributed by atoms with van der Waals surface area (Å²) in [6.07, 6.45) is 0. The maximum atomic E-state index is 11.3. The van der Waals surface area contributed by atoms with Crippen molar-refractivity contribution in [3.63, 3.8) is 0 Å². The summed E-state index contributed by atoms with van der Waals surface area (Å²) in [5.41, 5.74) is 8.08. The first kappa shape index (κ1) is 11.8. The summed E-state index contributed by atoms with van der Waals surface area (Å²) < 4.78 is 5.30. The second kappa shape index (κ2) is 5.11. The van der Waals surface area contributed by atoms with Crippen molar-refractivity contribution in [2.45, 2.75) is 9.37 Å². The Morgan fingerprint density at radius 1 is 1.53 bits per heavy atom. The number of anilines is 1. The number of nitrogens with zero attached hydrogens (tertiary/aromatic N) is 3. The van der Waals surface area contributed by atoms with Crippen LogP contribution in [0.5, 0.6) is 0 Å². The largest absolute Gasteiger partial charge is 0.464 e. The molecule has 0 aliphatic carbocycles. The summed E-state index contributed by atoms with van der Waals surface area (Å²) in [4.78, 5) is 15.4. The quantitative estimate of drug-likeness (QED) is 0.842. The number of carbonyl (C=O) groups excluding carboxylic acids is 1. The van der Waals surface area contributed by atoms with Gasteiger partial charge in [0.25, 0.3) is 0 Å². The van der Waals surface area contributed by atoms with E-state index in [1.165, 1.54) is 36.3 Å². The fourth-order valence-corrected chi connectivity index (χ4v) is 2.46. The van der Waals surface area contributed by atoms with Gasteiger partial charge >= 0.3 is 5.97 Å². The van der Waals surface area contributed by atoms with Crippen LogP contribution in [-0.2, 0) is 4.74 Å². The molecule has 2 heterocycles. The molecule has 0 saturated heterocycles. The van der Waals surface area contributed by atoms with Crippen LogP contribution in [0.2, 0.25) is 0 Å². The maximum Gasteiger partial charge on any atom is 0.356 e. The average molecular weight is 268 g/mol. The molecule has 0 saturated carbocycles. The van der Waals surface area contributed by atoms with E-state index in [1.807, 2.05) is 0 Å². The van der Waals surface area contributed by atoms with Crippen LogP contribution in [0.1, 0.15) is 10.5 Å². The number of aromatic nitrogens is 3. The van der Waals surface area contributed by atoms with Crippen molar-refractivity contribution in [3.8, 4) is 0 Å². The monoisotopic (exact) mass is 268 g/mol. The number of ether oxygens (including phenoxy) is 1. The highest BCUT2D eigenvalue weighted by Gasteiger charge is 2.12. The molecule has 2 rings (SSSR count). The Morgan fingerprint density at radius 2 is 2.35 bits per heavy atom. The Balaban J connectivity index is 2.29. The zero-order valence-electron chi connectivity index (χ0n) is 8.78. The second-order valence-electron chi connectivity index (χ2n) is 2.89. The van der Waals surface area contributed by atoms with Gasteiger partial charge in [-0.15, -0.1) is 10.2 Å². The van der Waals surface area contributed by atoms with E-state index in [0.717, 1.165) is 0 Å². The zero-order valence-corrected chi connectivity index (χ0v) is 10.4. The molecular weight excluding hydrogens is 260 g/mol. The molecule has 17 heavy (non-hydrogen) atoms. The minimum absolute atomic E-state index is 0.216. The molecule has 2 N–H and O–H groups in total. The molecule has 88 valence electrons. The molecule has 0 atom stereocenters. The van der Waals surface area contributed by atoms with Gasteiger partial charge in [0.2, 0.25) is 0 Å². The number of hydrogen-bond donors (Lipinski definition) is 1. The molecule has 0 bridgehead atoms. The van der Waals surface area contributed by atoms with Crippen LogP contribution < -0.4 is 5.73 Å². The van der Waals surface area contributed by atoms with Gasteiger partial charge in [-0.3, -0.25) is 0 Å². The number of rotatable bonds is 3. The van der Waals surface area contributed by atoms with Crippen molar-refractivity contribution in [2.75, 3.05) is 12.8 Å². The van der Waals surface area contributed by atoms with Crippen LogP contribution in [0.4, 0.5) is 5.69 Å². The number of nitrogen functional groups attached to an aromatic ring is 1. The van der Waals surface area contributed by atoms with Gasteiger partial charge in [0.05, 0.1) is 12.8 Å². The topological polar surface area (TPSA) is 91.0 Å². The van der Waals surface area contributed by atoms with E-state index in [1.54, 1.807) is 11.6 Å². The van der Waals surface area contributed by atoms with Crippen molar-refractivity contribution in [2.24, 2.45) is 0 Å². The van der Waals surface area contributed by atoms with E-state index < -0.39 is 5.97 Å². The summed E-state index contributed by atoms with van der Waals surface area (Å²) in [5.74, 6) is -0.496. The van der Waals surface area contributed by atoms with Crippen LogP contribution in [-0.4, -0.2) is 28.3 Å². The van der Waals surface area contributed by atoms with E-state index in [9.17, 15) is 4.79 Å². The number of nitrogens with two attached hydrogens (primary N) is 1. The van der Waals surface area contributed by atoms with Crippen molar-refractivity contribution in [1.29, 1.82) is 0 Å². The van der Waals surface area contributed by atoms with Gasteiger partial charge in [-0.2, -0.15) is 0 Å². The van der Waals surface area contributed by atoms with Gasteiger partial charge in [0.15, 0.2) is 4.34 Å². The van der Waals surface area contributed by atoms with E-state index >= 15 is 0 Å². The summed E-state index contributed by atoms with van der Waals surface area (Å²) in [7, 11) is 1.30. The molecule has 2 aromatic rings. The predicted molar refractivity (Wildman–Crippen MR) is 64.0 cm³/mol. The summed E-state index contributed by atoms with van der Waals surface area (Å²) in [6.45, 7) is 0. The van der Waals surface area contributed by atoms with Gasteiger partial charge in [-0.1, -0.05) is 11.3 Å². The van der Waals surface area contributed by atoms with Crippen LogP contribution in [0.25, 0.3) is 0 Å². The molecular formula is C9H8N4O2S2. The average Bonchev–Trinajstić information content (AvgIpc) is 2.84. The molecule has 0 unspecified atom stereocenters. The lowest BCUT2D eigenvalue weighted by atomic mass is 10.3. The predicted octanol–water partition coefficient (Wildman–Crippen LogP) is 1.45. The third kappa shape index (κ3) is 2.71. The minimum Gasteiger partial charge on any atom is -0.464 e. The molecule has 6 nitrogen and oxygen atoms in total. The van der Waals surface area contributed by atoms with Gasteiger partial charge in [-0.25, -0.2) is 9.78 Å². The van der Waals surface area contributed by atoms with E-state index in [4.69, 9.17) is 5.73 Å². The van der Waals surface area contributed by atoms with E-state index in [0.29, 0.717) is 15.1 Å². The Morgan fingerprint density at radius 3 is 3.00 bits per heavy atom. The third-order valence-electron chi connectivity index (χ3n) is 1.81. The lowest BCUT2D eigenvalue weighted by Gasteiger charge is -2.04. The number of esters is 1. The molecule has 8 heteroatoms. The Bertz CT molecular complexity index is 530. The van der Waals surface area contributed by atoms with Gasteiger partial charge < -0.3 is 10.5 Å². The van der Waals surface area contributed by atoms with Crippen molar-refractivity contribution >= 4 is 34.8 Å². The fourth-order valence-electron chi connectivity index (χ4n) is 1.04. The van der Waals surface area contributed by atoms with Gasteiger partial charge in [0.1, 0.15) is 16.2 Å². The van der Waals surface area contributed by atoms with Crippen molar-refractivity contribution in [3.05, 3.63) is 23.3 Å². The van der Waals surface area contributed by atoms with Crippen LogP contribution >= 0.6 is 23.1 Å². The smallest absolute Gasteiger partial charge is 0.356 e. The number of pyridine rings is 1. The second-order valence-corrected chi connectivity index (χ2v) is 4.96. The minimum atomic E-state index is -0.496. The molecule has 2 aromatic heterocycles. The number of methoxy groups -OCH3 is 1. The van der Waals surface area contributed by atoms with Gasteiger partial charge in [-0.05, 0) is 23.9 Å². The molecule has 0 aliphatic rings. The number of hydrogen-bond acceptors (Lipinski definition) is 8. The van der Waals surface area contributed by atoms with Crippen LogP contribution in [0.3, 0.4) is 0 Å². The van der Waals surface area contributed by atoms with Crippen molar-refractivity contribution < 1.29 is 9.53 Å². The summed E-state index contributed by atoms with van der Waals surface area (Å²) in [6, 6.07) is 3.13. The van der Waals surface area contributed by atoms with Gasteiger partial charge in [0, 0.05) is 0 Å². The first-order valence-electron chi connectivity index (χ1n) is 4.49.